The topological polar surface area (TPSA) is 37.3 Å². The fourth-order valence-corrected chi connectivity index (χ4v) is 2.91. The molecule has 0 aliphatic rings. The Balaban J connectivity index is 2.00. The zero-order valence-electron chi connectivity index (χ0n) is 11.3. The number of carbonyl (C=O) groups is 1. The van der Waals surface area contributed by atoms with Crippen LogP contribution in [0.1, 0.15) is 24.0 Å². The Kier molecular flexibility index (Phi) is 5.26. The van der Waals surface area contributed by atoms with E-state index >= 15 is 0 Å². The van der Waals surface area contributed by atoms with Gasteiger partial charge in [-0.15, -0.1) is 11.8 Å². The van der Waals surface area contributed by atoms with Crippen LogP contribution in [-0.4, -0.2) is 11.1 Å². The van der Waals surface area contributed by atoms with E-state index in [0.717, 1.165) is 16.0 Å². The smallest absolute Gasteiger partial charge is 0.310 e. The molecule has 21 heavy (non-hydrogen) atoms. The van der Waals surface area contributed by atoms with Gasteiger partial charge >= 0.3 is 5.97 Å². The zero-order chi connectivity index (χ0) is 15.4. The van der Waals surface area contributed by atoms with Gasteiger partial charge in [-0.1, -0.05) is 35.9 Å². The van der Waals surface area contributed by atoms with E-state index in [9.17, 15) is 9.18 Å². The zero-order valence-corrected chi connectivity index (χ0v) is 12.9. The molecule has 0 spiro atoms. The summed E-state index contributed by atoms with van der Waals surface area (Å²) < 4.78 is 13.1. The maximum atomic E-state index is 13.1. The molecule has 2 rings (SSSR count). The normalized spacial score (nSPS) is 12.1. The van der Waals surface area contributed by atoms with Crippen LogP contribution < -0.4 is 0 Å². The summed E-state index contributed by atoms with van der Waals surface area (Å²) in [6, 6.07) is 12.1. The van der Waals surface area contributed by atoms with Crippen LogP contribution in [0.2, 0.25) is 5.02 Å². The highest BCUT2D eigenvalue weighted by Gasteiger charge is 2.12. The predicted molar refractivity (Wildman–Crippen MR) is 83.5 cm³/mol. The van der Waals surface area contributed by atoms with Gasteiger partial charge in [0.15, 0.2) is 0 Å². The summed E-state index contributed by atoms with van der Waals surface area (Å²) in [5.74, 6) is -1.06. The highest BCUT2D eigenvalue weighted by molar-refractivity contribution is 7.98. The number of hydrogen-bond acceptors (Lipinski definition) is 2. The molecule has 110 valence electrons. The second kappa shape index (κ2) is 6.96. The lowest BCUT2D eigenvalue weighted by atomic mass is 10.0. The van der Waals surface area contributed by atoms with Gasteiger partial charge in [-0.25, -0.2) is 4.39 Å². The van der Waals surface area contributed by atoms with E-state index in [1.54, 1.807) is 30.8 Å². The Morgan fingerprint density at radius 3 is 2.52 bits per heavy atom. The second-order valence-corrected chi connectivity index (χ2v) is 6.12. The fraction of sp³-hybridized carbons (Fsp3) is 0.188. The summed E-state index contributed by atoms with van der Waals surface area (Å²) in [5, 5.41) is 9.07. The number of aliphatic carboxylic acids is 1. The molecule has 1 N–H and O–H groups in total. The van der Waals surface area contributed by atoms with Crippen molar-refractivity contribution in [3.63, 3.8) is 0 Å². The number of halogens is 2. The number of thioether (sulfide) groups is 1. The SMILES string of the molecule is CC(C(=O)O)c1ccc(CSc2ccc(F)c(Cl)c2)cc1. The monoisotopic (exact) mass is 324 g/mol. The number of carboxylic acid groups (broad SMARTS) is 1. The second-order valence-electron chi connectivity index (χ2n) is 4.67. The van der Waals surface area contributed by atoms with E-state index in [1.807, 2.05) is 24.3 Å². The average molecular weight is 325 g/mol. The van der Waals surface area contributed by atoms with Gasteiger partial charge in [-0.2, -0.15) is 0 Å². The van der Waals surface area contributed by atoms with Crippen LogP contribution >= 0.6 is 23.4 Å². The van der Waals surface area contributed by atoms with E-state index in [-0.39, 0.29) is 5.02 Å². The van der Waals surface area contributed by atoms with Crippen molar-refractivity contribution in [2.45, 2.75) is 23.5 Å². The van der Waals surface area contributed by atoms with E-state index in [4.69, 9.17) is 16.7 Å². The van der Waals surface area contributed by atoms with Gasteiger partial charge in [0.2, 0.25) is 0 Å². The first-order valence-electron chi connectivity index (χ1n) is 6.37. The van der Waals surface area contributed by atoms with Crippen molar-refractivity contribution < 1.29 is 14.3 Å². The van der Waals surface area contributed by atoms with Crippen molar-refractivity contribution in [1.82, 2.24) is 0 Å². The largest absolute Gasteiger partial charge is 0.481 e. The van der Waals surface area contributed by atoms with Gasteiger partial charge in [0.25, 0.3) is 0 Å². The average Bonchev–Trinajstić information content (AvgIpc) is 2.48. The lowest BCUT2D eigenvalue weighted by molar-refractivity contribution is -0.138. The van der Waals surface area contributed by atoms with Gasteiger partial charge in [-0.3, -0.25) is 4.79 Å². The van der Waals surface area contributed by atoms with Crippen LogP contribution in [0.3, 0.4) is 0 Å². The molecule has 0 amide bonds. The molecule has 2 aromatic carbocycles. The van der Waals surface area contributed by atoms with Crippen LogP contribution in [0.15, 0.2) is 47.4 Å². The molecule has 0 saturated heterocycles. The third-order valence-corrected chi connectivity index (χ3v) is 4.50. The van der Waals surface area contributed by atoms with Crippen molar-refractivity contribution in [3.8, 4) is 0 Å². The number of carboxylic acids is 1. The minimum atomic E-state index is -0.835. The van der Waals surface area contributed by atoms with Crippen LogP contribution in [0.25, 0.3) is 0 Å². The first-order chi connectivity index (χ1) is 9.97. The molecular formula is C16H14ClFO2S. The summed E-state index contributed by atoms with van der Waals surface area (Å²) in [5.41, 5.74) is 1.85. The summed E-state index contributed by atoms with van der Waals surface area (Å²) in [6.45, 7) is 1.66. The Bertz CT molecular complexity index is 643. The fourth-order valence-electron chi connectivity index (χ4n) is 1.78. The maximum Gasteiger partial charge on any atom is 0.310 e. The standard InChI is InChI=1S/C16H14ClFO2S/c1-10(16(19)20)12-4-2-11(3-5-12)9-21-13-6-7-15(18)14(17)8-13/h2-8,10H,9H2,1H3,(H,19,20). The Hall–Kier alpha value is -1.52. The molecule has 0 aliphatic carbocycles. The van der Waals surface area contributed by atoms with E-state index in [1.165, 1.54) is 6.07 Å². The number of hydrogen-bond donors (Lipinski definition) is 1. The lowest BCUT2D eigenvalue weighted by Crippen LogP contribution is -2.07. The van der Waals surface area contributed by atoms with E-state index < -0.39 is 17.7 Å². The van der Waals surface area contributed by atoms with E-state index in [2.05, 4.69) is 0 Å². The van der Waals surface area contributed by atoms with Crippen LogP contribution in [0, 0.1) is 5.82 Å². The molecular weight excluding hydrogens is 311 g/mol. The molecule has 0 fully saturated rings. The molecule has 1 atom stereocenters. The van der Waals surface area contributed by atoms with Gasteiger partial charge in [0.05, 0.1) is 10.9 Å². The predicted octanol–water partition coefficient (Wildman–Crippen LogP) is 4.96. The quantitative estimate of drug-likeness (QED) is 0.790. The molecule has 0 heterocycles. The molecule has 0 aliphatic heterocycles. The van der Waals surface area contributed by atoms with Crippen molar-refractivity contribution in [2.75, 3.05) is 0 Å². The first kappa shape index (κ1) is 15.9. The highest BCUT2D eigenvalue weighted by atomic mass is 35.5. The molecule has 1 unspecified atom stereocenters. The van der Waals surface area contributed by atoms with Crippen molar-refractivity contribution in [2.24, 2.45) is 0 Å². The van der Waals surface area contributed by atoms with E-state index in [0.29, 0.717) is 5.75 Å². The molecule has 5 heteroatoms. The minimum Gasteiger partial charge on any atom is -0.481 e. The van der Waals surface area contributed by atoms with Crippen molar-refractivity contribution in [3.05, 3.63) is 64.4 Å². The third-order valence-electron chi connectivity index (χ3n) is 3.15. The Morgan fingerprint density at radius 1 is 1.29 bits per heavy atom. The highest BCUT2D eigenvalue weighted by Crippen LogP contribution is 2.27. The maximum absolute atomic E-state index is 13.1. The summed E-state index contributed by atoms with van der Waals surface area (Å²) in [4.78, 5) is 11.8. The molecule has 2 aromatic rings. The molecule has 0 radical (unpaired) electrons. The third kappa shape index (κ3) is 4.22. The van der Waals surface area contributed by atoms with Crippen molar-refractivity contribution >= 4 is 29.3 Å². The van der Waals surface area contributed by atoms with Gasteiger partial charge in [-0.05, 0) is 36.2 Å². The number of benzene rings is 2. The first-order valence-corrected chi connectivity index (χ1v) is 7.73. The lowest BCUT2D eigenvalue weighted by Gasteiger charge is -2.08. The molecule has 2 nitrogen and oxygen atoms in total. The molecule has 0 bridgehead atoms. The van der Waals surface area contributed by atoms with Crippen molar-refractivity contribution in [1.29, 1.82) is 0 Å². The van der Waals surface area contributed by atoms with Gasteiger partial charge in [0, 0.05) is 10.6 Å². The van der Waals surface area contributed by atoms with Gasteiger partial charge < -0.3 is 5.11 Å². The Labute approximate surface area is 131 Å². The van der Waals surface area contributed by atoms with Crippen LogP contribution in [-0.2, 0) is 10.5 Å². The molecule has 0 saturated carbocycles. The molecule has 0 aromatic heterocycles. The minimum absolute atomic E-state index is 0.116. The van der Waals surface area contributed by atoms with Crippen LogP contribution in [0.5, 0.6) is 0 Å². The summed E-state index contributed by atoms with van der Waals surface area (Å²) in [6.07, 6.45) is 0. The number of rotatable bonds is 5. The summed E-state index contributed by atoms with van der Waals surface area (Å²) in [7, 11) is 0. The summed E-state index contributed by atoms with van der Waals surface area (Å²) >= 11 is 7.29. The Morgan fingerprint density at radius 2 is 1.95 bits per heavy atom. The van der Waals surface area contributed by atoms with Gasteiger partial charge in [0.1, 0.15) is 5.82 Å². The van der Waals surface area contributed by atoms with Crippen LogP contribution in [0.4, 0.5) is 4.39 Å².